The van der Waals surface area contributed by atoms with Crippen molar-refractivity contribution in [1.29, 1.82) is 0 Å². The van der Waals surface area contributed by atoms with Crippen LogP contribution in [0.5, 0.6) is 5.75 Å². The van der Waals surface area contributed by atoms with Crippen molar-refractivity contribution in [2.24, 2.45) is 5.10 Å². The van der Waals surface area contributed by atoms with Crippen molar-refractivity contribution >= 4 is 62.2 Å². The fraction of sp³-hybridized carbons (Fsp3) is 0.0667. The maximum atomic E-state index is 12.0. The normalized spacial score (nSPS) is 10.9. The number of amides is 1. The molecule has 0 heterocycles. The van der Waals surface area contributed by atoms with Gasteiger partial charge in [0.05, 0.1) is 20.4 Å². The summed E-state index contributed by atoms with van der Waals surface area (Å²) in [7, 11) is 0. The van der Waals surface area contributed by atoms with Gasteiger partial charge < -0.3 is 5.11 Å². The molecule has 0 aliphatic carbocycles. The summed E-state index contributed by atoms with van der Waals surface area (Å²) in [6.07, 6.45) is 1.38. The first-order valence-corrected chi connectivity index (χ1v) is 8.41. The van der Waals surface area contributed by atoms with E-state index in [1.165, 1.54) is 6.21 Å². The minimum atomic E-state index is -0.412. The van der Waals surface area contributed by atoms with Crippen LogP contribution in [0.2, 0.25) is 5.02 Å². The fourth-order valence-electron chi connectivity index (χ4n) is 1.71. The van der Waals surface area contributed by atoms with E-state index < -0.39 is 5.91 Å². The number of nitrogens with one attached hydrogen (secondary N) is 1. The summed E-state index contributed by atoms with van der Waals surface area (Å²) in [6.45, 7) is 1.89. The molecule has 2 rings (SSSR count). The van der Waals surface area contributed by atoms with Gasteiger partial charge in [-0.3, -0.25) is 4.79 Å². The average Bonchev–Trinajstić information content (AvgIpc) is 2.43. The molecular formula is C15H11BrClIN2O2. The van der Waals surface area contributed by atoms with E-state index in [2.05, 4.69) is 26.5 Å². The van der Waals surface area contributed by atoms with E-state index >= 15 is 0 Å². The highest BCUT2D eigenvalue weighted by atomic mass is 127. The number of phenolic OH excluding ortho intramolecular Hbond substituents is 1. The molecule has 2 aromatic carbocycles. The Kier molecular flexibility index (Phi) is 5.82. The first kappa shape index (κ1) is 17.2. The molecule has 0 fully saturated rings. The molecule has 0 atom stereocenters. The van der Waals surface area contributed by atoms with Gasteiger partial charge in [0.25, 0.3) is 5.91 Å². The van der Waals surface area contributed by atoms with Crippen molar-refractivity contribution in [3.8, 4) is 5.75 Å². The van der Waals surface area contributed by atoms with E-state index in [-0.39, 0.29) is 5.75 Å². The number of hydrazone groups is 1. The summed E-state index contributed by atoms with van der Waals surface area (Å²) in [5.74, 6) is -0.305. The Hall–Kier alpha value is -1.12. The van der Waals surface area contributed by atoms with Crippen LogP contribution in [-0.4, -0.2) is 17.2 Å². The molecule has 114 valence electrons. The number of carbonyl (C=O) groups is 1. The standard InChI is InChI=1S/C15H11BrClIN2O2/c1-8-2-3-11(12(17)4-8)15(22)20-19-7-9-5-10(16)6-13(18)14(9)21/h2-7,21H,1H3,(H,20,22). The second kappa shape index (κ2) is 7.43. The number of halogens is 3. The third-order valence-electron chi connectivity index (χ3n) is 2.80. The third kappa shape index (κ3) is 4.21. The van der Waals surface area contributed by atoms with Gasteiger partial charge in [-0.2, -0.15) is 5.10 Å². The van der Waals surface area contributed by atoms with E-state index in [0.717, 1.165) is 10.0 Å². The lowest BCUT2D eigenvalue weighted by atomic mass is 10.1. The lowest BCUT2D eigenvalue weighted by molar-refractivity contribution is 0.0955. The van der Waals surface area contributed by atoms with Crippen LogP contribution in [0.4, 0.5) is 0 Å². The zero-order valence-electron chi connectivity index (χ0n) is 11.4. The lowest BCUT2D eigenvalue weighted by Gasteiger charge is -2.05. The van der Waals surface area contributed by atoms with Gasteiger partial charge in [-0.15, -0.1) is 0 Å². The second-order valence-corrected chi connectivity index (χ2v) is 6.99. The van der Waals surface area contributed by atoms with Gasteiger partial charge >= 0.3 is 0 Å². The second-order valence-electron chi connectivity index (χ2n) is 4.51. The summed E-state index contributed by atoms with van der Waals surface area (Å²) >= 11 is 11.4. The molecular weight excluding hydrogens is 482 g/mol. The highest BCUT2D eigenvalue weighted by Crippen LogP contribution is 2.27. The van der Waals surface area contributed by atoms with Crippen molar-refractivity contribution in [3.05, 3.63) is 60.1 Å². The Bertz CT molecular complexity index is 765. The van der Waals surface area contributed by atoms with Crippen LogP contribution >= 0.6 is 50.1 Å². The minimum Gasteiger partial charge on any atom is -0.506 e. The number of carbonyl (C=O) groups excluding carboxylic acids is 1. The van der Waals surface area contributed by atoms with E-state index in [9.17, 15) is 9.90 Å². The number of hydrogen-bond donors (Lipinski definition) is 2. The maximum absolute atomic E-state index is 12.0. The quantitative estimate of drug-likeness (QED) is 0.376. The maximum Gasteiger partial charge on any atom is 0.272 e. The molecule has 0 saturated carbocycles. The van der Waals surface area contributed by atoms with Gasteiger partial charge in [0, 0.05) is 10.0 Å². The van der Waals surface area contributed by atoms with Crippen LogP contribution in [0.25, 0.3) is 0 Å². The number of phenols is 1. The average molecular weight is 494 g/mol. The van der Waals surface area contributed by atoms with Crippen molar-refractivity contribution in [1.82, 2.24) is 5.43 Å². The molecule has 0 saturated heterocycles. The van der Waals surface area contributed by atoms with Crippen molar-refractivity contribution in [2.45, 2.75) is 6.92 Å². The lowest BCUT2D eigenvalue weighted by Crippen LogP contribution is -2.18. The monoisotopic (exact) mass is 492 g/mol. The predicted octanol–water partition coefficient (Wildman–Crippen LogP) is 4.49. The molecule has 2 aromatic rings. The molecule has 0 aromatic heterocycles. The van der Waals surface area contributed by atoms with Gasteiger partial charge in [0.1, 0.15) is 5.75 Å². The smallest absolute Gasteiger partial charge is 0.272 e. The molecule has 0 aliphatic rings. The molecule has 0 radical (unpaired) electrons. The van der Waals surface area contributed by atoms with Gasteiger partial charge in [-0.05, 0) is 59.3 Å². The summed E-state index contributed by atoms with van der Waals surface area (Å²) in [5.41, 5.74) is 4.20. The first-order chi connectivity index (χ1) is 10.4. The van der Waals surface area contributed by atoms with Gasteiger partial charge in [-0.25, -0.2) is 5.43 Å². The molecule has 1 amide bonds. The first-order valence-electron chi connectivity index (χ1n) is 6.16. The number of rotatable bonds is 3. The highest BCUT2D eigenvalue weighted by molar-refractivity contribution is 14.1. The fourth-order valence-corrected chi connectivity index (χ4v) is 3.58. The van der Waals surface area contributed by atoms with Crippen LogP contribution in [0.3, 0.4) is 0 Å². The number of nitrogens with zero attached hydrogens (tertiary/aromatic N) is 1. The van der Waals surface area contributed by atoms with Crippen LogP contribution in [0.1, 0.15) is 21.5 Å². The number of aryl methyl sites for hydroxylation is 1. The number of hydrogen-bond acceptors (Lipinski definition) is 3. The summed E-state index contributed by atoms with van der Waals surface area (Å²) < 4.78 is 1.49. The van der Waals surface area contributed by atoms with Crippen LogP contribution < -0.4 is 5.43 Å². The molecule has 2 N–H and O–H groups in total. The summed E-state index contributed by atoms with van der Waals surface area (Å²) in [6, 6.07) is 8.63. The molecule has 0 bridgehead atoms. The van der Waals surface area contributed by atoms with E-state index in [1.54, 1.807) is 30.3 Å². The Balaban J connectivity index is 2.14. The Morgan fingerprint density at radius 3 is 2.82 bits per heavy atom. The van der Waals surface area contributed by atoms with E-state index in [1.807, 2.05) is 29.5 Å². The van der Waals surface area contributed by atoms with Gasteiger partial charge in [0.15, 0.2) is 0 Å². The van der Waals surface area contributed by atoms with Crippen LogP contribution in [-0.2, 0) is 0 Å². The van der Waals surface area contributed by atoms with E-state index in [4.69, 9.17) is 11.6 Å². The molecule has 22 heavy (non-hydrogen) atoms. The minimum absolute atomic E-state index is 0.107. The zero-order chi connectivity index (χ0) is 16.3. The molecule has 4 nitrogen and oxygen atoms in total. The third-order valence-corrected chi connectivity index (χ3v) is 4.39. The topological polar surface area (TPSA) is 61.7 Å². The summed E-state index contributed by atoms with van der Waals surface area (Å²) in [5, 5.41) is 14.2. The Morgan fingerprint density at radius 1 is 1.41 bits per heavy atom. The number of benzene rings is 2. The Morgan fingerprint density at radius 2 is 2.14 bits per heavy atom. The van der Waals surface area contributed by atoms with Gasteiger partial charge in [0.2, 0.25) is 0 Å². The van der Waals surface area contributed by atoms with Crippen LogP contribution in [0, 0.1) is 10.5 Å². The SMILES string of the molecule is Cc1ccc(C(=O)NN=Cc2cc(Br)cc(I)c2O)c(Cl)c1. The van der Waals surface area contributed by atoms with Crippen LogP contribution in [0.15, 0.2) is 39.9 Å². The highest BCUT2D eigenvalue weighted by Gasteiger charge is 2.10. The molecule has 7 heteroatoms. The molecule has 0 spiro atoms. The van der Waals surface area contributed by atoms with Crippen molar-refractivity contribution in [3.63, 3.8) is 0 Å². The zero-order valence-corrected chi connectivity index (χ0v) is 15.9. The predicted molar refractivity (Wildman–Crippen MR) is 99.8 cm³/mol. The molecule has 0 aliphatic heterocycles. The number of aromatic hydroxyl groups is 1. The Labute approximate surface area is 154 Å². The summed E-state index contributed by atoms with van der Waals surface area (Å²) in [4.78, 5) is 12.0. The largest absolute Gasteiger partial charge is 0.506 e. The molecule has 0 unspecified atom stereocenters. The van der Waals surface area contributed by atoms with Crippen molar-refractivity contribution < 1.29 is 9.90 Å². The van der Waals surface area contributed by atoms with Gasteiger partial charge in [-0.1, -0.05) is 33.6 Å². The van der Waals surface area contributed by atoms with Crippen molar-refractivity contribution in [2.75, 3.05) is 0 Å². The van der Waals surface area contributed by atoms with E-state index in [0.29, 0.717) is 19.7 Å².